The molecule has 0 N–H and O–H groups in total. The van der Waals surface area contributed by atoms with E-state index >= 15 is 0 Å². The number of nitrogens with zero attached hydrogens (tertiary/aromatic N) is 2. The van der Waals surface area contributed by atoms with Crippen molar-refractivity contribution < 1.29 is 28.7 Å². The first-order chi connectivity index (χ1) is 20.7. The van der Waals surface area contributed by atoms with Crippen LogP contribution in [-0.4, -0.2) is 39.4 Å². The van der Waals surface area contributed by atoms with Gasteiger partial charge >= 0.3 is 5.97 Å². The summed E-state index contributed by atoms with van der Waals surface area (Å²) < 4.78 is 5.79. The van der Waals surface area contributed by atoms with Crippen LogP contribution < -0.4 is 4.74 Å². The first-order valence-corrected chi connectivity index (χ1v) is 14.5. The van der Waals surface area contributed by atoms with E-state index in [-0.39, 0.29) is 30.5 Å². The van der Waals surface area contributed by atoms with Gasteiger partial charge in [-0.05, 0) is 30.2 Å². The molecule has 5 aliphatic rings. The number of imide groups is 2. The van der Waals surface area contributed by atoms with Crippen molar-refractivity contribution in [1.82, 2.24) is 9.80 Å². The summed E-state index contributed by atoms with van der Waals surface area (Å²) in [6.07, 6.45) is 0. The van der Waals surface area contributed by atoms with Crippen LogP contribution in [0.5, 0.6) is 5.75 Å². The monoisotopic (exact) mass is 574 g/mol. The van der Waals surface area contributed by atoms with Gasteiger partial charge in [0.1, 0.15) is 5.75 Å². The summed E-state index contributed by atoms with van der Waals surface area (Å²) in [4.78, 5) is 73.2. The second kappa shape index (κ2) is 9.87. The Balaban J connectivity index is 1.34. The normalized spacial score (nSPS) is 29.3. The van der Waals surface area contributed by atoms with E-state index in [0.717, 1.165) is 11.1 Å². The molecule has 3 fully saturated rings. The first-order valence-electron chi connectivity index (χ1n) is 14.5. The lowest BCUT2D eigenvalue weighted by molar-refractivity contribution is -0.152. The summed E-state index contributed by atoms with van der Waals surface area (Å²) in [6.45, 7) is 3.60. The van der Waals surface area contributed by atoms with Crippen LogP contribution in [0.2, 0.25) is 0 Å². The third-order valence-corrected chi connectivity index (χ3v) is 9.91. The lowest BCUT2D eigenvalue weighted by Gasteiger charge is -2.55. The van der Waals surface area contributed by atoms with Crippen LogP contribution in [0.3, 0.4) is 0 Å². The lowest BCUT2D eigenvalue weighted by atomic mass is 9.43. The van der Waals surface area contributed by atoms with Crippen molar-refractivity contribution in [3.63, 3.8) is 0 Å². The van der Waals surface area contributed by atoms with Crippen LogP contribution in [0.15, 0.2) is 102 Å². The molecule has 1 saturated carbocycles. The van der Waals surface area contributed by atoms with E-state index in [1.165, 1.54) is 9.80 Å². The molecule has 3 aromatic rings. The molecule has 43 heavy (non-hydrogen) atoms. The van der Waals surface area contributed by atoms with Crippen molar-refractivity contribution in [2.24, 2.45) is 35.0 Å². The molecule has 2 bridgehead atoms. The minimum Gasteiger partial charge on any atom is -0.423 e. The SMILES string of the molecule is CC1=C(C(=O)Oc2ccccc2)C2(C)[C@@H]3C(=O)N(Cc4ccccc4)C(=O)[C@@H]3C1[C@H]1C(=O)N(Cc3ccccc3)C(=O)[C@H]12. The van der Waals surface area contributed by atoms with Crippen LogP contribution in [0, 0.1) is 35.0 Å². The van der Waals surface area contributed by atoms with Gasteiger partial charge in [-0.15, -0.1) is 0 Å². The predicted molar refractivity (Wildman–Crippen MR) is 154 cm³/mol. The highest BCUT2D eigenvalue weighted by Gasteiger charge is 2.76. The molecule has 0 radical (unpaired) electrons. The molecule has 4 amide bonds. The van der Waals surface area contributed by atoms with Crippen molar-refractivity contribution in [2.75, 3.05) is 0 Å². The molecule has 3 aliphatic carbocycles. The zero-order valence-electron chi connectivity index (χ0n) is 23.8. The van der Waals surface area contributed by atoms with E-state index in [1.54, 1.807) is 44.2 Å². The van der Waals surface area contributed by atoms with E-state index in [1.807, 2.05) is 60.7 Å². The highest BCUT2D eigenvalue weighted by molar-refractivity contribution is 6.13. The minimum atomic E-state index is -1.43. The number of benzene rings is 3. The fourth-order valence-electron chi connectivity index (χ4n) is 8.22. The Bertz CT molecular complexity index is 1610. The van der Waals surface area contributed by atoms with E-state index in [0.29, 0.717) is 11.3 Å². The number of likely N-dealkylation sites (tertiary alicyclic amines) is 2. The summed E-state index contributed by atoms with van der Waals surface area (Å²) in [6, 6.07) is 27.0. The number of carbonyl (C=O) groups is 5. The van der Waals surface area contributed by atoms with Gasteiger partial charge in [-0.2, -0.15) is 0 Å². The second-order valence-corrected chi connectivity index (χ2v) is 12.1. The maximum absolute atomic E-state index is 14.3. The Labute approximate surface area is 248 Å². The maximum Gasteiger partial charge on any atom is 0.339 e. The fraction of sp³-hybridized carbons (Fsp3) is 0.286. The molecule has 4 atom stereocenters. The number of ether oxygens (including phenoxy) is 1. The van der Waals surface area contributed by atoms with Crippen LogP contribution in [0.25, 0.3) is 0 Å². The molecule has 2 heterocycles. The van der Waals surface area contributed by atoms with Gasteiger partial charge in [0.2, 0.25) is 23.6 Å². The van der Waals surface area contributed by atoms with Crippen LogP contribution in [0.1, 0.15) is 25.0 Å². The van der Waals surface area contributed by atoms with Gasteiger partial charge in [-0.25, -0.2) is 4.79 Å². The molecule has 216 valence electrons. The van der Waals surface area contributed by atoms with Gasteiger partial charge in [0.05, 0.1) is 36.8 Å². The molecule has 0 unspecified atom stereocenters. The summed E-state index contributed by atoms with van der Waals surface area (Å²) in [5.41, 5.74) is 0.895. The lowest BCUT2D eigenvalue weighted by Crippen LogP contribution is -2.61. The van der Waals surface area contributed by atoms with Crippen molar-refractivity contribution in [1.29, 1.82) is 0 Å². The minimum absolute atomic E-state index is 0.0779. The fourth-order valence-corrected chi connectivity index (χ4v) is 8.22. The molecule has 8 rings (SSSR count). The Kier molecular flexibility index (Phi) is 6.20. The van der Waals surface area contributed by atoms with Crippen LogP contribution in [-0.2, 0) is 37.1 Å². The van der Waals surface area contributed by atoms with Crippen LogP contribution >= 0.6 is 0 Å². The molecule has 2 aliphatic heterocycles. The summed E-state index contributed by atoms with van der Waals surface area (Å²) >= 11 is 0. The zero-order valence-corrected chi connectivity index (χ0v) is 23.8. The Morgan fingerprint density at radius 1 is 0.651 bits per heavy atom. The quantitative estimate of drug-likeness (QED) is 0.249. The highest BCUT2D eigenvalue weighted by Crippen LogP contribution is 2.68. The number of hydrogen-bond acceptors (Lipinski definition) is 6. The number of amides is 4. The zero-order chi connectivity index (χ0) is 30.0. The van der Waals surface area contributed by atoms with Crippen molar-refractivity contribution in [3.05, 3.63) is 113 Å². The molecule has 3 aromatic carbocycles. The Morgan fingerprint density at radius 3 is 1.51 bits per heavy atom. The number of hydrogen-bond donors (Lipinski definition) is 0. The Hall–Kier alpha value is -4.85. The third-order valence-electron chi connectivity index (χ3n) is 9.91. The van der Waals surface area contributed by atoms with E-state index in [2.05, 4.69) is 0 Å². The largest absolute Gasteiger partial charge is 0.423 e. The number of esters is 1. The summed E-state index contributed by atoms with van der Waals surface area (Å²) in [5.74, 6) is -6.40. The highest BCUT2D eigenvalue weighted by atomic mass is 16.5. The average Bonchev–Trinajstić information content (AvgIpc) is 3.41. The van der Waals surface area contributed by atoms with Crippen LogP contribution in [0.4, 0.5) is 0 Å². The maximum atomic E-state index is 14.3. The van der Waals surface area contributed by atoms with E-state index in [9.17, 15) is 24.0 Å². The average molecular weight is 575 g/mol. The topological polar surface area (TPSA) is 101 Å². The molecule has 2 saturated heterocycles. The standard InChI is InChI=1S/C35H30N2O6/c1-20-24-25-28(32(40)36(30(25)38)18-21-12-6-3-7-13-21)35(2,27(20)34(42)43-23-16-10-5-11-17-23)29-26(24)31(39)37(33(29)41)19-22-14-8-4-9-15-22/h3-17,24-26,28-29H,18-19H2,1-2H3/t24?,25-,26-,28+,29+,35?/m1/s1. The van der Waals surface area contributed by atoms with Gasteiger partial charge in [0, 0.05) is 16.9 Å². The molecule has 0 spiro atoms. The third kappa shape index (κ3) is 3.85. The molecule has 8 heteroatoms. The van der Waals surface area contributed by atoms with Crippen molar-refractivity contribution in [3.8, 4) is 5.75 Å². The molecule has 8 nitrogen and oxygen atoms in total. The van der Waals surface area contributed by atoms with Gasteiger partial charge in [0.25, 0.3) is 0 Å². The molecular weight excluding hydrogens is 544 g/mol. The van der Waals surface area contributed by atoms with E-state index in [4.69, 9.17) is 4.74 Å². The molecular formula is C35H30N2O6. The number of para-hydroxylation sites is 1. The van der Waals surface area contributed by atoms with Crippen molar-refractivity contribution in [2.45, 2.75) is 26.9 Å². The Morgan fingerprint density at radius 2 is 1.07 bits per heavy atom. The number of carbonyl (C=O) groups excluding carboxylic acids is 5. The number of rotatable bonds is 6. The predicted octanol–water partition coefficient (Wildman–Crippen LogP) is 4.16. The van der Waals surface area contributed by atoms with Gasteiger partial charge in [-0.3, -0.25) is 29.0 Å². The second-order valence-electron chi connectivity index (χ2n) is 12.1. The summed E-state index contributed by atoms with van der Waals surface area (Å²) in [5, 5.41) is 0. The van der Waals surface area contributed by atoms with Gasteiger partial charge in [-0.1, -0.05) is 91.4 Å². The smallest absolute Gasteiger partial charge is 0.339 e. The van der Waals surface area contributed by atoms with E-state index < -0.39 is 52.8 Å². The number of allylic oxidation sites excluding steroid dienone is 1. The van der Waals surface area contributed by atoms with Gasteiger partial charge in [0.15, 0.2) is 0 Å². The van der Waals surface area contributed by atoms with Crippen molar-refractivity contribution >= 4 is 29.6 Å². The summed E-state index contributed by atoms with van der Waals surface area (Å²) in [7, 11) is 0. The molecule has 0 aromatic heterocycles. The first kappa shape index (κ1) is 27.0. The van der Waals surface area contributed by atoms with Gasteiger partial charge < -0.3 is 4.74 Å².